The summed E-state index contributed by atoms with van der Waals surface area (Å²) in [5, 5.41) is 4.62. The number of aromatic nitrogens is 4. The smallest absolute Gasteiger partial charge is 0.253 e. The van der Waals surface area contributed by atoms with Crippen LogP contribution in [-0.2, 0) is 12.8 Å². The molecule has 0 aliphatic rings. The minimum absolute atomic E-state index is 0.559. The highest BCUT2D eigenvalue weighted by atomic mass is 16.5. The van der Waals surface area contributed by atoms with Gasteiger partial charge in [-0.25, -0.2) is 4.98 Å². The van der Waals surface area contributed by atoms with Gasteiger partial charge in [0.1, 0.15) is 11.5 Å². The number of hydrogen-bond donors (Lipinski definition) is 0. The number of methoxy groups -OCH3 is 2. The van der Waals surface area contributed by atoms with Gasteiger partial charge in [0.05, 0.1) is 14.2 Å². The molecule has 3 heterocycles. The summed E-state index contributed by atoms with van der Waals surface area (Å²) >= 11 is 0. The number of hydrogen-bond acceptors (Lipinski definition) is 6. The summed E-state index contributed by atoms with van der Waals surface area (Å²) in [4.78, 5) is 8.85. The van der Waals surface area contributed by atoms with Gasteiger partial charge in [0.2, 0.25) is 0 Å². The number of rotatable bonds is 6. The lowest BCUT2D eigenvalue weighted by molar-refractivity contribution is 0.354. The molecule has 7 heteroatoms. The molecule has 4 aromatic rings. The predicted octanol–water partition coefficient (Wildman–Crippen LogP) is 3.50. The van der Waals surface area contributed by atoms with Crippen LogP contribution in [-0.4, -0.2) is 33.8 Å². The zero-order chi connectivity index (χ0) is 18.8. The zero-order valence-electron chi connectivity index (χ0n) is 15.5. The molecule has 0 bridgehead atoms. The van der Waals surface area contributed by atoms with Crippen LogP contribution in [0.15, 0.2) is 47.0 Å². The van der Waals surface area contributed by atoms with Crippen molar-refractivity contribution in [3.05, 3.63) is 59.7 Å². The molecular formula is C20H20N4O3. The first kappa shape index (κ1) is 17.1. The summed E-state index contributed by atoms with van der Waals surface area (Å²) in [5.74, 6) is 4.32. The predicted molar refractivity (Wildman–Crippen MR) is 100 cm³/mol. The first-order valence-corrected chi connectivity index (χ1v) is 8.66. The van der Waals surface area contributed by atoms with Gasteiger partial charge in [0.25, 0.3) is 5.78 Å². The third-order valence-electron chi connectivity index (χ3n) is 4.36. The van der Waals surface area contributed by atoms with Gasteiger partial charge < -0.3 is 13.9 Å². The molecule has 0 unspecified atom stereocenters. The Morgan fingerprint density at radius 1 is 1.00 bits per heavy atom. The lowest BCUT2D eigenvalue weighted by Crippen LogP contribution is -1.97. The third-order valence-corrected chi connectivity index (χ3v) is 4.36. The minimum Gasteiger partial charge on any atom is -0.493 e. The van der Waals surface area contributed by atoms with E-state index >= 15 is 0 Å². The monoisotopic (exact) mass is 364 g/mol. The highest BCUT2D eigenvalue weighted by Crippen LogP contribution is 2.28. The molecule has 0 saturated heterocycles. The Bertz CT molecular complexity index is 1080. The SMILES string of the molecule is COc1ccc(CCc2nc3nccc(-c4ccc(C)o4)n3n2)cc1OC. The summed E-state index contributed by atoms with van der Waals surface area (Å²) in [6.45, 7) is 1.91. The van der Waals surface area contributed by atoms with Crippen LogP contribution in [0.1, 0.15) is 17.1 Å². The van der Waals surface area contributed by atoms with Crippen molar-refractivity contribution in [2.45, 2.75) is 19.8 Å². The van der Waals surface area contributed by atoms with Gasteiger partial charge in [-0.05, 0) is 49.2 Å². The summed E-state index contributed by atoms with van der Waals surface area (Å²) in [6.07, 6.45) is 3.19. The standard InChI is InChI=1S/C20H20N4O3/c1-13-4-7-16(27-13)15-10-11-21-20-22-19(23-24(15)20)9-6-14-5-8-17(25-2)18(12-14)26-3/h4-5,7-8,10-12H,6,9H2,1-3H3. The van der Waals surface area contributed by atoms with Gasteiger partial charge in [-0.1, -0.05) is 6.07 Å². The lowest BCUT2D eigenvalue weighted by atomic mass is 10.1. The first-order chi connectivity index (χ1) is 13.2. The van der Waals surface area contributed by atoms with Crippen LogP contribution in [0, 0.1) is 6.92 Å². The molecule has 0 fully saturated rings. The van der Waals surface area contributed by atoms with Gasteiger partial charge in [0.15, 0.2) is 23.1 Å². The fourth-order valence-corrected chi connectivity index (χ4v) is 2.99. The highest BCUT2D eigenvalue weighted by Gasteiger charge is 2.13. The quantitative estimate of drug-likeness (QED) is 0.521. The van der Waals surface area contributed by atoms with Crippen LogP contribution in [0.2, 0.25) is 0 Å². The molecule has 7 nitrogen and oxygen atoms in total. The van der Waals surface area contributed by atoms with Crippen molar-refractivity contribution in [1.29, 1.82) is 0 Å². The molecule has 27 heavy (non-hydrogen) atoms. The van der Waals surface area contributed by atoms with Crippen LogP contribution >= 0.6 is 0 Å². The van der Waals surface area contributed by atoms with Crippen molar-refractivity contribution in [2.75, 3.05) is 14.2 Å². The number of fused-ring (bicyclic) bond motifs is 1. The van der Waals surface area contributed by atoms with E-state index in [-0.39, 0.29) is 0 Å². The third kappa shape index (κ3) is 3.36. The van der Waals surface area contributed by atoms with Crippen molar-refractivity contribution < 1.29 is 13.9 Å². The molecule has 0 aliphatic carbocycles. The average molecular weight is 364 g/mol. The second-order valence-electron chi connectivity index (χ2n) is 6.17. The van der Waals surface area contributed by atoms with Gasteiger partial charge >= 0.3 is 0 Å². The Balaban J connectivity index is 1.58. The maximum atomic E-state index is 5.72. The second-order valence-corrected chi connectivity index (χ2v) is 6.17. The highest BCUT2D eigenvalue weighted by molar-refractivity contribution is 5.55. The van der Waals surface area contributed by atoms with Crippen molar-refractivity contribution >= 4 is 5.78 Å². The Hall–Kier alpha value is -3.35. The Morgan fingerprint density at radius 2 is 1.85 bits per heavy atom. The van der Waals surface area contributed by atoms with E-state index in [0.29, 0.717) is 12.2 Å². The summed E-state index contributed by atoms with van der Waals surface area (Å²) in [7, 11) is 3.26. The van der Waals surface area contributed by atoms with E-state index in [1.54, 1.807) is 24.9 Å². The molecule has 0 saturated carbocycles. The summed E-state index contributed by atoms with van der Waals surface area (Å²) < 4.78 is 18.1. The maximum absolute atomic E-state index is 5.72. The number of aryl methyl sites for hydroxylation is 3. The second kappa shape index (κ2) is 7.11. The fourth-order valence-electron chi connectivity index (χ4n) is 2.99. The van der Waals surface area contributed by atoms with Crippen LogP contribution < -0.4 is 9.47 Å². The molecule has 1 aromatic carbocycles. The number of ether oxygens (including phenoxy) is 2. The van der Waals surface area contributed by atoms with Crippen molar-refractivity contribution in [3.63, 3.8) is 0 Å². The molecular weight excluding hydrogens is 344 g/mol. The normalized spacial score (nSPS) is 11.1. The van der Waals surface area contributed by atoms with E-state index in [2.05, 4.69) is 15.1 Å². The lowest BCUT2D eigenvalue weighted by Gasteiger charge is -2.08. The topological polar surface area (TPSA) is 74.7 Å². The number of furan rings is 1. The summed E-state index contributed by atoms with van der Waals surface area (Å²) in [5.41, 5.74) is 1.96. The van der Waals surface area contributed by atoms with Gasteiger partial charge in [-0.3, -0.25) is 0 Å². The van der Waals surface area contributed by atoms with Crippen LogP contribution in [0.4, 0.5) is 0 Å². The van der Waals surface area contributed by atoms with E-state index in [0.717, 1.165) is 46.5 Å². The molecule has 0 N–H and O–H groups in total. The van der Waals surface area contributed by atoms with Crippen LogP contribution in [0.5, 0.6) is 11.5 Å². The van der Waals surface area contributed by atoms with E-state index in [4.69, 9.17) is 13.9 Å². The van der Waals surface area contributed by atoms with Gasteiger partial charge in [-0.2, -0.15) is 9.50 Å². The first-order valence-electron chi connectivity index (χ1n) is 8.66. The molecule has 0 radical (unpaired) electrons. The van der Waals surface area contributed by atoms with Crippen molar-refractivity contribution in [1.82, 2.24) is 19.6 Å². The molecule has 0 amide bonds. The van der Waals surface area contributed by atoms with Crippen molar-refractivity contribution in [2.24, 2.45) is 0 Å². The van der Waals surface area contributed by atoms with Crippen LogP contribution in [0.25, 0.3) is 17.2 Å². The van der Waals surface area contributed by atoms with E-state index in [1.807, 2.05) is 43.3 Å². The minimum atomic E-state index is 0.559. The van der Waals surface area contributed by atoms with E-state index < -0.39 is 0 Å². The fraction of sp³-hybridized carbons (Fsp3) is 0.250. The zero-order valence-corrected chi connectivity index (χ0v) is 15.5. The molecule has 138 valence electrons. The average Bonchev–Trinajstić information content (AvgIpc) is 3.31. The van der Waals surface area contributed by atoms with E-state index in [9.17, 15) is 0 Å². The molecule has 0 aliphatic heterocycles. The molecule has 0 atom stereocenters. The Morgan fingerprint density at radius 3 is 2.59 bits per heavy atom. The van der Waals surface area contributed by atoms with Gasteiger partial charge in [-0.15, -0.1) is 5.10 Å². The van der Waals surface area contributed by atoms with E-state index in [1.165, 1.54) is 0 Å². The van der Waals surface area contributed by atoms with Crippen LogP contribution in [0.3, 0.4) is 0 Å². The Labute approximate surface area is 156 Å². The maximum Gasteiger partial charge on any atom is 0.253 e. The summed E-state index contributed by atoms with van der Waals surface area (Å²) in [6, 6.07) is 11.6. The van der Waals surface area contributed by atoms with Gasteiger partial charge in [0, 0.05) is 12.6 Å². The molecule has 0 spiro atoms. The Kier molecular flexibility index (Phi) is 4.50. The number of benzene rings is 1. The molecule has 4 rings (SSSR count). The number of nitrogens with zero attached hydrogens (tertiary/aromatic N) is 4. The largest absolute Gasteiger partial charge is 0.493 e. The molecule has 3 aromatic heterocycles. The van der Waals surface area contributed by atoms with Crippen molar-refractivity contribution in [3.8, 4) is 23.0 Å².